The number of nitrogens with zero attached hydrogens (tertiary/aromatic N) is 3. The van der Waals surface area contributed by atoms with Crippen molar-refractivity contribution in [1.29, 1.82) is 0 Å². The van der Waals surface area contributed by atoms with E-state index in [1.165, 1.54) is 13.8 Å². The second-order valence-corrected chi connectivity index (χ2v) is 8.86. The molecule has 0 aliphatic heterocycles. The number of ether oxygens (including phenoxy) is 3. The minimum atomic E-state index is -1.35. The van der Waals surface area contributed by atoms with E-state index in [0.29, 0.717) is 17.4 Å². The fraction of sp³-hybridized carbons (Fsp3) is 0.360. The number of benzene rings is 2. The molecular weight excluding hydrogens is 488 g/mol. The summed E-state index contributed by atoms with van der Waals surface area (Å²) in [5.41, 5.74) is -1.22. The lowest BCUT2D eigenvalue weighted by Crippen LogP contribution is -2.37. The summed E-state index contributed by atoms with van der Waals surface area (Å²) in [5, 5.41) is 15.2. The predicted octanol–water partition coefficient (Wildman–Crippen LogP) is 4.04. The molecule has 0 amide bonds. The van der Waals surface area contributed by atoms with Gasteiger partial charge in [0.25, 0.3) is 0 Å². The van der Waals surface area contributed by atoms with Crippen LogP contribution in [0.3, 0.4) is 0 Å². The third-order valence-corrected chi connectivity index (χ3v) is 5.27. The molecule has 1 aliphatic rings. The van der Waals surface area contributed by atoms with Gasteiger partial charge in [-0.05, 0) is 69.2 Å². The van der Waals surface area contributed by atoms with Crippen molar-refractivity contribution < 1.29 is 32.9 Å². The van der Waals surface area contributed by atoms with Crippen molar-refractivity contribution in [2.45, 2.75) is 44.9 Å². The van der Waals surface area contributed by atoms with Crippen molar-refractivity contribution in [2.24, 2.45) is 0 Å². The zero-order valence-electron chi connectivity index (χ0n) is 20.3. The molecule has 0 saturated heterocycles. The first kappa shape index (κ1) is 25.9. The Morgan fingerprint density at radius 1 is 1.00 bits per heavy atom. The van der Waals surface area contributed by atoms with Gasteiger partial charge in [-0.15, -0.1) is 0 Å². The van der Waals surface area contributed by atoms with Gasteiger partial charge in [0.05, 0.1) is 0 Å². The van der Waals surface area contributed by atoms with E-state index < -0.39 is 23.2 Å². The van der Waals surface area contributed by atoms with Crippen molar-refractivity contribution in [1.82, 2.24) is 15.0 Å². The number of carboxylic acid groups (broad SMARTS) is 1. The fourth-order valence-corrected chi connectivity index (χ4v) is 3.06. The van der Waals surface area contributed by atoms with Crippen LogP contribution in [0.5, 0.6) is 17.5 Å². The van der Waals surface area contributed by atoms with Crippen LogP contribution >= 0.6 is 0 Å². The SMILES string of the molecule is CC(C)(Oc1ccc(OCCOc2nc(NCc3cc(F)ccc3F)nc(NC3CC3)n2)cc1)C(=O)O. The first-order valence-corrected chi connectivity index (χ1v) is 11.7. The van der Waals surface area contributed by atoms with Crippen molar-refractivity contribution in [3.8, 4) is 17.5 Å². The summed E-state index contributed by atoms with van der Waals surface area (Å²) in [4.78, 5) is 23.9. The van der Waals surface area contributed by atoms with E-state index in [1.807, 2.05) is 0 Å². The molecule has 1 aliphatic carbocycles. The highest BCUT2D eigenvalue weighted by Crippen LogP contribution is 2.25. The van der Waals surface area contributed by atoms with E-state index in [4.69, 9.17) is 19.3 Å². The normalized spacial score (nSPS) is 13.1. The van der Waals surface area contributed by atoms with E-state index in [-0.39, 0.29) is 43.3 Å². The molecule has 2 aromatic carbocycles. The Morgan fingerprint density at radius 2 is 1.68 bits per heavy atom. The topological polar surface area (TPSA) is 128 Å². The van der Waals surface area contributed by atoms with Gasteiger partial charge in [-0.2, -0.15) is 15.0 Å². The molecule has 10 nitrogen and oxygen atoms in total. The average molecular weight is 516 g/mol. The predicted molar refractivity (Wildman–Crippen MR) is 130 cm³/mol. The van der Waals surface area contributed by atoms with Crippen LogP contribution in [0, 0.1) is 11.6 Å². The van der Waals surface area contributed by atoms with Crippen LogP contribution in [0.25, 0.3) is 0 Å². The molecule has 4 rings (SSSR count). The molecule has 0 radical (unpaired) electrons. The maximum atomic E-state index is 13.9. The van der Waals surface area contributed by atoms with Crippen LogP contribution in [-0.2, 0) is 11.3 Å². The van der Waals surface area contributed by atoms with Gasteiger partial charge in [-0.1, -0.05) is 0 Å². The first-order chi connectivity index (χ1) is 17.7. The monoisotopic (exact) mass is 515 g/mol. The highest BCUT2D eigenvalue weighted by molar-refractivity contribution is 5.76. The van der Waals surface area contributed by atoms with Gasteiger partial charge < -0.3 is 30.0 Å². The smallest absolute Gasteiger partial charge is 0.347 e. The van der Waals surface area contributed by atoms with Crippen molar-refractivity contribution in [3.63, 3.8) is 0 Å². The summed E-state index contributed by atoms with van der Waals surface area (Å²) in [6, 6.07) is 10.1. The molecule has 3 aromatic rings. The Morgan fingerprint density at radius 3 is 2.38 bits per heavy atom. The van der Waals surface area contributed by atoms with Crippen molar-refractivity contribution >= 4 is 17.9 Å². The largest absolute Gasteiger partial charge is 0.490 e. The molecule has 1 saturated carbocycles. The number of hydrogen-bond donors (Lipinski definition) is 3. The molecule has 12 heteroatoms. The van der Waals surface area contributed by atoms with Crippen molar-refractivity contribution in [2.75, 3.05) is 23.8 Å². The first-order valence-electron chi connectivity index (χ1n) is 11.7. The van der Waals surface area contributed by atoms with Gasteiger partial charge in [0, 0.05) is 18.2 Å². The molecule has 3 N–H and O–H groups in total. The lowest BCUT2D eigenvalue weighted by molar-refractivity contribution is -0.152. The Hall–Kier alpha value is -4.22. The van der Waals surface area contributed by atoms with E-state index in [0.717, 1.165) is 31.0 Å². The summed E-state index contributed by atoms with van der Waals surface area (Å²) in [6.45, 7) is 3.20. The van der Waals surface area contributed by atoms with Gasteiger partial charge in [0.1, 0.15) is 36.3 Å². The van der Waals surface area contributed by atoms with E-state index in [1.54, 1.807) is 24.3 Å². The van der Waals surface area contributed by atoms with Gasteiger partial charge in [-0.3, -0.25) is 0 Å². The second kappa shape index (κ2) is 11.2. The third-order valence-electron chi connectivity index (χ3n) is 5.27. The van der Waals surface area contributed by atoms with Crippen LogP contribution in [-0.4, -0.2) is 50.9 Å². The zero-order chi connectivity index (χ0) is 26.4. The number of rotatable bonds is 13. The summed E-state index contributed by atoms with van der Waals surface area (Å²) in [7, 11) is 0. The average Bonchev–Trinajstić information content (AvgIpc) is 3.67. The molecule has 1 fully saturated rings. The highest BCUT2D eigenvalue weighted by atomic mass is 19.1. The van der Waals surface area contributed by atoms with Crippen LogP contribution in [0.15, 0.2) is 42.5 Å². The van der Waals surface area contributed by atoms with Gasteiger partial charge in [-0.25, -0.2) is 13.6 Å². The van der Waals surface area contributed by atoms with E-state index >= 15 is 0 Å². The minimum Gasteiger partial charge on any atom is -0.490 e. The number of halogens is 2. The maximum Gasteiger partial charge on any atom is 0.347 e. The quantitative estimate of drug-likeness (QED) is 0.287. The second-order valence-electron chi connectivity index (χ2n) is 8.86. The van der Waals surface area contributed by atoms with E-state index in [2.05, 4.69) is 25.6 Å². The molecule has 0 atom stereocenters. The summed E-state index contributed by atoms with van der Waals surface area (Å²) in [5.74, 6) is -0.755. The maximum absolute atomic E-state index is 13.9. The number of aliphatic carboxylic acids is 1. The summed E-state index contributed by atoms with van der Waals surface area (Å²) in [6.07, 6.45) is 2.01. The lowest BCUT2D eigenvalue weighted by atomic mass is 10.1. The number of nitrogens with one attached hydrogen (secondary N) is 2. The Bertz CT molecular complexity index is 1240. The summed E-state index contributed by atoms with van der Waals surface area (Å²) >= 11 is 0. The minimum absolute atomic E-state index is 0.0254. The number of aromatic nitrogens is 3. The molecule has 0 bridgehead atoms. The van der Waals surface area contributed by atoms with Gasteiger partial charge in [0.15, 0.2) is 5.60 Å². The van der Waals surface area contributed by atoms with E-state index in [9.17, 15) is 13.6 Å². The molecule has 37 heavy (non-hydrogen) atoms. The Kier molecular flexibility index (Phi) is 7.85. The molecule has 196 valence electrons. The standard InChI is InChI=1S/C25H27F2N5O5/c1-25(2,21(33)34)37-19-8-6-18(7-9-19)35-11-12-36-24-31-22(30-23(32-24)29-17-4-5-17)28-14-15-13-16(26)3-10-20(15)27/h3,6-10,13,17H,4-5,11-12,14H2,1-2H3,(H,33,34)(H2,28,29,30,31,32). The van der Waals surface area contributed by atoms with Crippen LogP contribution in [0.1, 0.15) is 32.3 Å². The molecule has 0 spiro atoms. The number of anilines is 2. The van der Waals surface area contributed by atoms with Crippen LogP contribution in [0.4, 0.5) is 20.7 Å². The fourth-order valence-electron chi connectivity index (χ4n) is 3.06. The molecule has 1 heterocycles. The third kappa shape index (κ3) is 7.63. The Balaban J connectivity index is 1.32. The van der Waals surface area contributed by atoms with Crippen molar-refractivity contribution in [3.05, 3.63) is 59.7 Å². The molecular formula is C25H27F2N5O5. The zero-order valence-corrected chi connectivity index (χ0v) is 20.3. The molecule has 1 aromatic heterocycles. The van der Waals surface area contributed by atoms with Crippen LogP contribution < -0.4 is 24.8 Å². The highest BCUT2D eigenvalue weighted by Gasteiger charge is 2.29. The lowest BCUT2D eigenvalue weighted by Gasteiger charge is -2.21. The molecule has 0 unspecified atom stereocenters. The summed E-state index contributed by atoms with van der Waals surface area (Å²) < 4.78 is 44.1. The number of carboxylic acids is 1. The van der Waals surface area contributed by atoms with Gasteiger partial charge >= 0.3 is 12.0 Å². The Labute approximate surface area is 212 Å². The van der Waals surface area contributed by atoms with Gasteiger partial charge in [0.2, 0.25) is 11.9 Å². The number of carbonyl (C=O) groups is 1. The number of hydrogen-bond acceptors (Lipinski definition) is 9. The van der Waals surface area contributed by atoms with Crippen LogP contribution in [0.2, 0.25) is 0 Å².